The van der Waals surface area contributed by atoms with Gasteiger partial charge in [0.15, 0.2) is 0 Å². The molecule has 0 fully saturated rings. The molecular weight excluding hydrogens is 508 g/mol. The minimum atomic E-state index is -0.520. The largest absolute Gasteiger partial charge is 0.416 e. The molecule has 1 aliphatic rings. The monoisotopic (exact) mass is 534 g/mol. The lowest BCUT2D eigenvalue weighted by atomic mass is 9.86. The molecule has 1 unspecified atom stereocenters. The van der Waals surface area contributed by atoms with Crippen molar-refractivity contribution < 1.29 is 9.15 Å². The van der Waals surface area contributed by atoms with Gasteiger partial charge in [0.25, 0.3) is 5.22 Å². The summed E-state index contributed by atoms with van der Waals surface area (Å²) in [7, 11) is 0. The lowest BCUT2D eigenvalue weighted by Gasteiger charge is -2.35. The summed E-state index contributed by atoms with van der Waals surface area (Å²) in [5, 5.41) is 19.6. The van der Waals surface area contributed by atoms with Crippen LogP contribution in [0.4, 0.5) is 0 Å². The SMILES string of the molecule is CCc1cccc2c3c([nH]c12)C(CC)(Cc1nnc(SCc2cn(-c4ccc(Cl)cc4)nn2)o1)OCC3. The number of aromatic amines is 1. The van der Waals surface area contributed by atoms with Crippen LogP contribution in [0.2, 0.25) is 5.02 Å². The van der Waals surface area contributed by atoms with Crippen molar-refractivity contribution in [3.63, 3.8) is 0 Å². The first-order valence-electron chi connectivity index (χ1n) is 12.5. The molecule has 1 N–H and O–H groups in total. The normalized spacial score (nSPS) is 17.4. The first kappa shape index (κ1) is 24.2. The van der Waals surface area contributed by atoms with E-state index in [-0.39, 0.29) is 0 Å². The van der Waals surface area contributed by atoms with Gasteiger partial charge >= 0.3 is 0 Å². The molecule has 0 radical (unpaired) electrons. The molecule has 1 atom stereocenters. The van der Waals surface area contributed by atoms with Crippen molar-refractivity contribution >= 4 is 34.3 Å². The van der Waals surface area contributed by atoms with Gasteiger partial charge in [-0.05, 0) is 54.7 Å². The van der Waals surface area contributed by atoms with Gasteiger partial charge in [0.1, 0.15) is 5.60 Å². The third kappa shape index (κ3) is 4.56. The van der Waals surface area contributed by atoms with Crippen LogP contribution in [0.25, 0.3) is 16.6 Å². The highest BCUT2D eigenvalue weighted by atomic mass is 35.5. The Morgan fingerprint density at radius 3 is 2.78 bits per heavy atom. The van der Waals surface area contributed by atoms with E-state index in [1.54, 1.807) is 4.68 Å². The van der Waals surface area contributed by atoms with E-state index < -0.39 is 5.60 Å². The number of benzene rings is 2. The van der Waals surface area contributed by atoms with E-state index in [9.17, 15) is 0 Å². The number of ether oxygens (including phenoxy) is 1. The van der Waals surface area contributed by atoms with Crippen molar-refractivity contribution in [3.05, 3.63) is 82.1 Å². The number of hydrogen-bond acceptors (Lipinski definition) is 7. The first-order valence-corrected chi connectivity index (χ1v) is 13.8. The van der Waals surface area contributed by atoms with E-state index in [2.05, 4.69) is 57.5 Å². The van der Waals surface area contributed by atoms with Gasteiger partial charge in [-0.25, -0.2) is 4.68 Å². The van der Waals surface area contributed by atoms with Crippen molar-refractivity contribution in [1.82, 2.24) is 30.2 Å². The van der Waals surface area contributed by atoms with Gasteiger partial charge in [-0.2, -0.15) is 0 Å². The number of aromatic nitrogens is 6. The maximum Gasteiger partial charge on any atom is 0.276 e. The highest BCUT2D eigenvalue weighted by molar-refractivity contribution is 7.98. The van der Waals surface area contributed by atoms with Crippen molar-refractivity contribution in [2.24, 2.45) is 0 Å². The standard InChI is InChI=1S/C27H27ClN6O2S/c1-3-17-6-5-7-21-22-12-13-35-27(4-2,25(22)29-24(17)21)14-23-31-32-26(36-23)37-16-19-15-34(33-30-19)20-10-8-18(28)9-11-20/h5-11,15,29H,3-4,12-14,16H2,1-2H3. The summed E-state index contributed by atoms with van der Waals surface area (Å²) in [5.41, 5.74) is 6.21. The van der Waals surface area contributed by atoms with Crippen LogP contribution in [0.5, 0.6) is 0 Å². The van der Waals surface area contributed by atoms with Gasteiger partial charge in [-0.1, -0.05) is 60.6 Å². The number of aryl methyl sites for hydroxylation is 1. The van der Waals surface area contributed by atoms with Gasteiger partial charge in [-0.3, -0.25) is 0 Å². The quantitative estimate of drug-likeness (QED) is 0.242. The van der Waals surface area contributed by atoms with Crippen molar-refractivity contribution in [1.29, 1.82) is 0 Å². The number of halogens is 1. The fourth-order valence-electron chi connectivity index (χ4n) is 5.07. The minimum absolute atomic E-state index is 0.503. The topological polar surface area (TPSA) is 94.7 Å². The molecule has 2 aromatic carbocycles. The molecule has 10 heteroatoms. The van der Waals surface area contributed by atoms with Crippen LogP contribution in [0.1, 0.15) is 48.7 Å². The third-order valence-electron chi connectivity index (χ3n) is 7.03. The molecular formula is C27H27ClN6O2S. The van der Waals surface area contributed by atoms with Crippen LogP contribution in [-0.2, 0) is 35.4 Å². The van der Waals surface area contributed by atoms with Crippen LogP contribution in [-0.4, -0.2) is 36.8 Å². The van der Waals surface area contributed by atoms with Crippen molar-refractivity contribution in [3.8, 4) is 5.69 Å². The Hall–Kier alpha value is -3.14. The highest BCUT2D eigenvalue weighted by Gasteiger charge is 2.40. The lowest BCUT2D eigenvalue weighted by molar-refractivity contribution is -0.0696. The first-order chi connectivity index (χ1) is 18.1. The molecule has 0 bridgehead atoms. The van der Waals surface area contributed by atoms with E-state index in [4.69, 9.17) is 20.8 Å². The van der Waals surface area contributed by atoms with Gasteiger partial charge < -0.3 is 14.1 Å². The zero-order chi connectivity index (χ0) is 25.4. The van der Waals surface area contributed by atoms with Crippen LogP contribution in [0.15, 0.2) is 58.3 Å². The van der Waals surface area contributed by atoms with Gasteiger partial charge in [0.05, 0.1) is 36.3 Å². The maximum atomic E-state index is 6.44. The molecule has 0 saturated carbocycles. The summed E-state index contributed by atoms with van der Waals surface area (Å²) in [6.45, 7) is 5.01. The number of rotatable bonds is 8. The fraction of sp³-hybridized carbons (Fsp3) is 0.333. The summed E-state index contributed by atoms with van der Waals surface area (Å²) < 4.78 is 14.2. The molecule has 4 heterocycles. The zero-order valence-corrected chi connectivity index (χ0v) is 22.3. The Labute approximate surface area is 223 Å². The molecule has 0 amide bonds. The average Bonchev–Trinajstić information content (AvgIpc) is 3.67. The zero-order valence-electron chi connectivity index (χ0n) is 20.7. The van der Waals surface area contributed by atoms with Crippen LogP contribution in [0, 0.1) is 0 Å². The molecule has 5 aromatic rings. The number of thioether (sulfide) groups is 1. The van der Waals surface area contributed by atoms with E-state index in [1.807, 2.05) is 30.5 Å². The number of nitrogens with zero attached hydrogens (tertiary/aromatic N) is 5. The molecule has 0 aliphatic carbocycles. The second-order valence-electron chi connectivity index (χ2n) is 9.18. The predicted molar refractivity (Wildman–Crippen MR) is 143 cm³/mol. The maximum absolute atomic E-state index is 6.44. The van der Waals surface area contributed by atoms with Crippen LogP contribution >= 0.6 is 23.4 Å². The smallest absolute Gasteiger partial charge is 0.276 e. The second kappa shape index (κ2) is 9.96. The van der Waals surface area contributed by atoms with Gasteiger partial charge in [0.2, 0.25) is 5.89 Å². The minimum Gasteiger partial charge on any atom is -0.416 e. The molecule has 0 saturated heterocycles. The highest BCUT2D eigenvalue weighted by Crippen LogP contribution is 2.42. The summed E-state index contributed by atoms with van der Waals surface area (Å²) in [4.78, 5) is 3.73. The van der Waals surface area contributed by atoms with E-state index >= 15 is 0 Å². The van der Waals surface area contributed by atoms with Gasteiger partial charge in [0, 0.05) is 21.7 Å². The van der Waals surface area contributed by atoms with E-state index in [0.29, 0.717) is 34.9 Å². The number of H-pyrrole nitrogens is 1. The Balaban J connectivity index is 1.19. The Morgan fingerprint density at radius 1 is 1.11 bits per heavy atom. The Morgan fingerprint density at radius 2 is 1.97 bits per heavy atom. The number of hydrogen-bond donors (Lipinski definition) is 1. The van der Waals surface area contributed by atoms with Gasteiger partial charge in [-0.15, -0.1) is 15.3 Å². The van der Waals surface area contributed by atoms with Crippen molar-refractivity contribution in [2.75, 3.05) is 6.61 Å². The molecule has 1 aliphatic heterocycles. The fourth-order valence-corrected chi connectivity index (χ4v) is 5.86. The molecule has 3 aromatic heterocycles. The molecule has 37 heavy (non-hydrogen) atoms. The molecule has 6 rings (SSSR count). The summed E-state index contributed by atoms with van der Waals surface area (Å²) >= 11 is 7.42. The molecule has 8 nitrogen and oxygen atoms in total. The lowest BCUT2D eigenvalue weighted by Crippen LogP contribution is -2.37. The van der Waals surface area contributed by atoms with Crippen LogP contribution in [0.3, 0.4) is 0 Å². The number of para-hydroxylation sites is 1. The summed E-state index contributed by atoms with van der Waals surface area (Å²) in [5.74, 6) is 1.13. The number of fused-ring (bicyclic) bond motifs is 3. The Bertz CT molecular complexity index is 1540. The molecule has 0 spiro atoms. The number of nitrogens with one attached hydrogen (secondary N) is 1. The second-order valence-corrected chi connectivity index (χ2v) is 10.5. The van der Waals surface area contributed by atoms with Crippen LogP contribution < -0.4 is 0 Å². The summed E-state index contributed by atoms with van der Waals surface area (Å²) in [6.07, 6.45) is 5.08. The predicted octanol–water partition coefficient (Wildman–Crippen LogP) is 6.06. The summed E-state index contributed by atoms with van der Waals surface area (Å²) in [6, 6.07) is 14.0. The average molecular weight is 535 g/mol. The van der Waals surface area contributed by atoms with E-state index in [0.717, 1.165) is 36.3 Å². The molecule has 190 valence electrons. The Kier molecular flexibility index (Phi) is 6.52. The van der Waals surface area contributed by atoms with E-state index in [1.165, 1.54) is 33.8 Å². The van der Waals surface area contributed by atoms with Crippen molar-refractivity contribution in [2.45, 2.75) is 56.1 Å². The third-order valence-corrected chi connectivity index (χ3v) is 8.13.